The maximum absolute atomic E-state index is 12.9. The second kappa shape index (κ2) is 7.54. The van der Waals surface area contributed by atoms with E-state index in [9.17, 15) is 14.4 Å². The molecule has 1 aliphatic carbocycles. The Morgan fingerprint density at radius 1 is 1.14 bits per heavy atom. The van der Waals surface area contributed by atoms with E-state index in [1.807, 2.05) is 12.1 Å². The first-order valence-electron chi connectivity index (χ1n) is 10.8. The van der Waals surface area contributed by atoms with Gasteiger partial charge in [-0.1, -0.05) is 12.1 Å². The number of nitrogens with one attached hydrogen (secondary N) is 3. The van der Waals surface area contributed by atoms with Gasteiger partial charge in [-0.05, 0) is 67.8 Å². The first-order valence-corrected chi connectivity index (χ1v) is 10.8. The summed E-state index contributed by atoms with van der Waals surface area (Å²) in [6.07, 6.45) is 4.58. The van der Waals surface area contributed by atoms with Gasteiger partial charge in [-0.25, -0.2) is 0 Å². The molecule has 7 heteroatoms. The minimum atomic E-state index is -0.551. The van der Waals surface area contributed by atoms with E-state index in [0.717, 1.165) is 36.1 Å². The number of amides is 3. The first-order chi connectivity index (χ1) is 14.1. The molecule has 3 N–H and O–H groups in total. The number of carbonyl (C=O) groups excluding carboxylic acids is 3. The Balaban J connectivity index is 1.19. The molecule has 0 aromatic heterocycles. The standard InChI is InChI=1S/C22H28N4O3/c27-20-4-3-19(21(28)25-20)26-12-16-2-1-13(8-18(16)22(26)29)9-23-10-14-5-15-7-17(6-14)24-11-15/h1-2,8,14-15,17,19,23-24H,3-7,9-12H2,(H,25,27,28). The Labute approximate surface area is 170 Å². The summed E-state index contributed by atoms with van der Waals surface area (Å²) in [5.41, 5.74) is 2.74. The molecule has 3 aliphatic heterocycles. The Morgan fingerprint density at radius 3 is 2.86 bits per heavy atom. The number of imide groups is 1. The second-order valence-electron chi connectivity index (χ2n) is 9.07. The molecule has 3 amide bonds. The lowest BCUT2D eigenvalue weighted by atomic mass is 9.82. The van der Waals surface area contributed by atoms with Crippen molar-refractivity contribution in [2.24, 2.45) is 11.8 Å². The summed E-state index contributed by atoms with van der Waals surface area (Å²) in [4.78, 5) is 38.1. The van der Waals surface area contributed by atoms with Crippen LogP contribution in [0.25, 0.3) is 0 Å². The van der Waals surface area contributed by atoms with Crippen molar-refractivity contribution >= 4 is 17.7 Å². The molecule has 5 rings (SSSR count). The summed E-state index contributed by atoms with van der Waals surface area (Å²) < 4.78 is 0. The van der Waals surface area contributed by atoms with Crippen molar-refractivity contribution in [2.75, 3.05) is 13.1 Å². The fourth-order valence-electron chi connectivity index (χ4n) is 5.53. The van der Waals surface area contributed by atoms with Crippen LogP contribution in [0.5, 0.6) is 0 Å². The van der Waals surface area contributed by atoms with Crippen LogP contribution in [0, 0.1) is 11.8 Å². The molecular formula is C22H28N4O3. The van der Waals surface area contributed by atoms with Gasteiger partial charge in [0.2, 0.25) is 11.8 Å². The molecule has 4 unspecified atom stereocenters. The van der Waals surface area contributed by atoms with Gasteiger partial charge in [0.05, 0.1) is 0 Å². The Kier molecular flexibility index (Phi) is 4.87. The third-order valence-electron chi connectivity index (χ3n) is 6.95. The third kappa shape index (κ3) is 3.69. The fourth-order valence-corrected chi connectivity index (χ4v) is 5.53. The van der Waals surface area contributed by atoms with Crippen LogP contribution in [0.3, 0.4) is 0 Å². The van der Waals surface area contributed by atoms with Crippen LogP contribution in [0.1, 0.15) is 53.6 Å². The number of carbonyl (C=O) groups is 3. The van der Waals surface area contributed by atoms with Crippen LogP contribution >= 0.6 is 0 Å². The molecule has 154 valence electrons. The maximum Gasteiger partial charge on any atom is 0.255 e. The second-order valence-corrected chi connectivity index (χ2v) is 9.07. The predicted molar refractivity (Wildman–Crippen MR) is 107 cm³/mol. The van der Waals surface area contributed by atoms with Gasteiger partial charge in [0, 0.05) is 31.1 Å². The van der Waals surface area contributed by atoms with E-state index >= 15 is 0 Å². The van der Waals surface area contributed by atoms with E-state index in [1.54, 1.807) is 4.90 Å². The lowest BCUT2D eigenvalue weighted by Crippen LogP contribution is -2.52. The predicted octanol–water partition coefficient (Wildman–Crippen LogP) is 0.925. The van der Waals surface area contributed by atoms with Crippen LogP contribution < -0.4 is 16.0 Å². The van der Waals surface area contributed by atoms with Crippen LogP contribution in [0.4, 0.5) is 0 Å². The van der Waals surface area contributed by atoms with Gasteiger partial charge in [0.15, 0.2) is 0 Å². The van der Waals surface area contributed by atoms with Crippen molar-refractivity contribution in [1.29, 1.82) is 0 Å². The molecule has 1 aromatic carbocycles. The highest BCUT2D eigenvalue weighted by Gasteiger charge is 2.39. The molecule has 4 aliphatic rings. The monoisotopic (exact) mass is 396 g/mol. The number of fused-ring (bicyclic) bond motifs is 3. The normalized spacial score (nSPS) is 31.2. The smallest absolute Gasteiger partial charge is 0.255 e. The topological polar surface area (TPSA) is 90.5 Å². The maximum atomic E-state index is 12.9. The van der Waals surface area contributed by atoms with Gasteiger partial charge in [-0.2, -0.15) is 0 Å². The molecule has 3 fully saturated rings. The van der Waals surface area contributed by atoms with Crippen molar-refractivity contribution in [3.05, 3.63) is 34.9 Å². The lowest BCUT2D eigenvalue weighted by molar-refractivity contribution is -0.136. The van der Waals surface area contributed by atoms with Gasteiger partial charge >= 0.3 is 0 Å². The number of nitrogens with zero attached hydrogens (tertiary/aromatic N) is 1. The molecule has 1 aromatic rings. The number of benzene rings is 1. The minimum Gasteiger partial charge on any atom is -0.322 e. The number of hydrogen-bond acceptors (Lipinski definition) is 5. The van der Waals surface area contributed by atoms with E-state index in [-0.39, 0.29) is 24.1 Å². The largest absolute Gasteiger partial charge is 0.322 e. The zero-order valence-corrected chi connectivity index (χ0v) is 16.6. The lowest BCUT2D eigenvalue weighted by Gasteiger charge is -2.29. The van der Waals surface area contributed by atoms with Crippen molar-refractivity contribution in [2.45, 2.75) is 57.3 Å². The van der Waals surface area contributed by atoms with Crippen LogP contribution in [0.15, 0.2) is 18.2 Å². The van der Waals surface area contributed by atoms with Gasteiger partial charge in [-0.15, -0.1) is 0 Å². The van der Waals surface area contributed by atoms with Crippen LogP contribution in [0.2, 0.25) is 0 Å². The van der Waals surface area contributed by atoms with Crippen molar-refractivity contribution in [3.8, 4) is 0 Å². The Hall–Kier alpha value is -2.25. The molecule has 3 heterocycles. The minimum absolute atomic E-state index is 0.105. The van der Waals surface area contributed by atoms with E-state index < -0.39 is 6.04 Å². The molecule has 1 saturated carbocycles. The summed E-state index contributed by atoms with van der Waals surface area (Å²) in [6, 6.07) is 6.18. The molecule has 0 spiro atoms. The molecule has 7 nitrogen and oxygen atoms in total. The SMILES string of the molecule is O=C1CCC(N2Cc3ccc(CNCC4CC5CNC(C4)C5)cc3C2=O)C(=O)N1. The van der Waals surface area contributed by atoms with E-state index in [0.29, 0.717) is 24.6 Å². The number of rotatable bonds is 5. The highest BCUT2D eigenvalue weighted by Crippen LogP contribution is 2.33. The summed E-state index contributed by atoms with van der Waals surface area (Å²) in [7, 11) is 0. The van der Waals surface area contributed by atoms with Crippen LogP contribution in [-0.2, 0) is 22.7 Å². The summed E-state index contributed by atoms with van der Waals surface area (Å²) in [5.74, 6) is 0.848. The van der Waals surface area contributed by atoms with Crippen molar-refractivity contribution < 1.29 is 14.4 Å². The Bertz CT molecular complexity index is 842. The molecule has 0 radical (unpaired) electrons. The van der Waals surface area contributed by atoms with Gasteiger partial charge in [0.1, 0.15) is 6.04 Å². The first kappa shape index (κ1) is 18.8. The average molecular weight is 396 g/mol. The summed E-state index contributed by atoms with van der Waals surface area (Å²) in [6.45, 7) is 3.38. The van der Waals surface area contributed by atoms with E-state index in [2.05, 4.69) is 22.0 Å². The Morgan fingerprint density at radius 2 is 2.03 bits per heavy atom. The van der Waals surface area contributed by atoms with Gasteiger partial charge in [0.25, 0.3) is 5.91 Å². The molecular weight excluding hydrogens is 368 g/mol. The summed E-state index contributed by atoms with van der Waals surface area (Å²) in [5, 5.41) is 9.54. The molecule has 4 atom stereocenters. The quantitative estimate of drug-likeness (QED) is 0.644. The molecule has 2 bridgehead atoms. The fraction of sp³-hybridized carbons (Fsp3) is 0.591. The average Bonchev–Trinajstić information content (AvgIpc) is 3.21. The zero-order valence-electron chi connectivity index (χ0n) is 16.6. The third-order valence-corrected chi connectivity index (χ3v) is 6.95. The number of piperidine rings is 1. The molecule has 2 saturated heterocycles. The van der Waals surface area contributed by atoms with Crippen molar-refractivity contribution in [1.82, 2.24) is 20.9 Å². The van der Waals surface area contributed by atoms with E-state index in [4.69, 9.17) is 0 Å². The van der Waals surface area contributed by atoms with Crippen molar-refractivity contribution in [3.63, 3.8) is 0 Å². The zero-order chi connectivity index (χ0) is 20.0. The highest BCUT2D eigenvalue weighted by molar-refractivity contribution is 6.05. The molecule has 29 heavy (non-hydrogen) atoms. The summed E-state index contributed by atoms with van der Waals surface area (Å²) >= 11 is 0. The van der Waals surface area contributed by atoms with E-state index in [1.165, 1.54) is 25.8 Å². The van der Waals surface area contributed by atoms with Gasteiger partial charge in [-0.3, -0.25) is 19.7 Å². The van der Waals surface area contributed by atoms with Crippen LogP contribution in [-0.4, -0.2) is 47.8 Å². The van der Waals surface area contributed by atoms with Gasteiger partial charge < -0.3 is 15.5 Å². The number of hydrogen-bond donors (Lipinski definition) is 3. The highest BCUT2D eigenvalue weighted by atomic mass is 16.2.